The highest BCUT2D eigenvalue weighted by Gasteiger charge is 2.28. The minimum atomic E-state index is -0.415. The number of hydrogen-bond donors (Lipinski definition) is 1. The third-order valence-corrected chi connectivity index (χ3v) is 3.54. The lowest BCUT2D eigenvalue weighted by molar-refractivity contribution is 0.142. The van der Waals surface area contributed by atoms with Crippen molar-refractivity contribution in [1.82, 2.24) is 10.2 Å². The van der Waals surface area contributed by atoms with Crippen molar-refractivity contribution in [3.05, 3.63) is 0 Å². The van der Waals surface area contributed by atoms with Crippen LogP contribution >= 0.6 is 0 Å². The predicted molar refractivity (Wildman–Crippen MR) is 87.6 cm³/mol. The highest BCUT2D eigenvalue weighted by Crippen LogP contribution is 2.18. The first kappa shape index (κ1) is 19.4. The Balaban J connectivity index is 4.70. The van der Waals surface area contributed by atoms with Gasteiger partial charge in [0.1, 0.15) is 5.54 Å². The number of rotatable bonds is 10. The van der Waals surface area contributed by atoms with Crippen molar-refractivity contribution < 1.29 is 0 Å². The molecule has 118 valence electrons. The van der Waals surface area contributed by atoms with E-state index in [1.54, 1.807) is 0 Å². The Kier molecular flexibility index (Phi) is 9.09. The smallest absolute Gasteiger partial charge is 0.105 e. The maximum atomic E-state index is 9.48. The second kappa shape index (κ2) is 9.37. The second-order valence-corrected chi connectivity index (χ2v) is 7.17. The number of nitriles is 1. The third kappa shape index (κ3) is 7.87. The molecule has 2 atom stereocenters. The zero-order valence-corrected chi connectivity index (χ0v) is 14.7. The van der Waals surface area contributed by atoms with Gasteiger partial charge in [-0.25, -0.2) is 0 Å². The van der Waals surface area contributed by atoms with Crippen LogP contribution < -0.4 is 5.32 Å². The fraction of sp³-hybridized carbons (Fsp3) is 0.941. The molecule has 0 radical (unpaired) electrons. The average molecular weight is 281 g/mol. The third-order valence-electron chi connectivity index (χ3n) is 3.54. The Bertz CT molecular complexity index is 283. The number of nitrogens with one attached hydrogen (secondary N) is 1. The Morgan fingerprint density at radius 3 is 1.95 bits per heavy atom. The van der Waals surface area contributed by atoms with Gasteiger partial charge in [-0.15, -0.1) is 0 Å². The van der Waals surface area contributed by atoms with E-state index in [4.69, 9.17) is 0 Å². The van der Waals surface area contributed by atoms with Crippen LogP contribution in [-0.4, -0.2) is 36.1 Å². The minimum Gasteiger partial charge on any atom is -0.300 e. The molecule has 0 saturated heterocycles. The normalized spacial score (nSPS) is 16.4. The summed E-state index contributed by atoms with van der Waals surface area (Å²) in [4.78, 5) is 2.54. The zero-order chi connectivity index (χ0) is 15.8. The summed E-state index contributed by atoms with van der Waals surface area (Å²) in [6, 6.07) is 2.89. The molecule has 2 unspecified atom stereocenters. The summed E-state index contributed by atoms with van der Waals surface area (Å²) in [6.45, 7) is 18.6. The van der Waals surface area contributed by atoms with Crippen LogP contribution in [0.15, 0.2) is 0 Å². The minimum absolute atomic E-state index is 0.415. The van der Waals surface area contributed by atoms with E-state index in [-0.39, 0.29) is 0 Å². The summed E-state index contributed by atoms with van der Waals surface area (Å²) in [5.41, 5.74) is -0.415. The molecular formula is C17H35N3. The van der Waals surface area contributed by atoms with Crippen LogP contribution in [0.25, 0.3) is 0 Å². The summed E-state index contributed by atoms with van der Waals surface area (Å²) >= 11 is 0. The molecular weight excluding hydrogens is 246 g/mol. The average Bonchev–Trinajstić information content (AvgIpc) is 2.34. The molecule has 0 aliphatic heterocycles. The molecule has 0 aromatic rings. The van der Waals surface area contributed by atoms with Gasteiger partial charge in [0.15, 0.2) is 0 Å². The van der Waals surface area contributed by atoms with Gasteiger partial charge in [-0.1, -0.05) is 34.6 Å². The standard InChI is InChI=1S/C17H35N3/c1-8-9-19-17(7,13-18)10-16(6)20(11-14(2)3)12-15(4)5/h14-16,19H,8-12H2,1-7H3. The van der Waals surface area contributed by atoms with Gasteiger partial charge < -0.3 is 4.90 Å². The van der Waals surface area contributed by atoms with E-state index in [1.807, 2.05) is 6.92 Å². The molecule has 0 aromatic carbocycles. The van der Waals surface area contributed by atoms with Crippen LogP contribution in [0.4, 0.5) is 0 Å². The fourth-order valence-corrected chi connectivity index (χ4v) is 2.65. The van der Waals surface area contributed by atoms with Crippen molar-refractivity contribution in [1.29, 1.82) is 5.26 Å². The highest BCUT2D eigenvalue weighted by molar-refractivity contribution is 5.05. The first-order valence-electron chi connectivity index (χ1n) is 8.14. The highest BCUT2D eigenvalue weighted by atomic mass is 15.2. The number of hydrogen-bond acceptors (Lipinski definition) is 3. The monoisotopic (exact) mass is 281 g/mol. The second-order valence-electron chi connectivity index (χ2n) is 7.17. The van der Waals surface area contributed by atoms with Crippen LogP contribution in [0.5, 0.6) is 0 Å². The van der Waals surface area contributed by atoms with Crippen molar-refractivity contribution >= 4 is 0 Å². The van der Waals surface area contributed by atoms with Crippen LogP contribution in [0.1, 0.15) is 61.3 Å². The molecule has 0 saturated carbocycles. The summed E-state index contributed by atoms with van der Waals surface area (Å²) in [5, 5.41) is 12.9. The molecule has 0 aromatic heterocycles. The summed E-state index contributed by atoms with van der Waals surface area (Å²) in [5.74, 6) is 1.32. The maximum Gasteiger partial charge on any atom is 0.105 e. The molecule has 0 fully saturated rings. The van der Waals surface area contributed by atoms with Crippen molar-refractivity contribution in [2.45, 2.75) is 72.9 Å². The SMILES string of the molecule is CCCNC(C)(C#N)CC(C)N(CC(C)C)CC(C)C. The fourth-order valence-electron chi connectivity index (χ4n) is 2.65. The van der Waals surface area contributed by atoms with Gasteiger partial charge in [0, 0.05) is 19.1 Å². The van der Waals surface area contributed by atoms with Crippen LogP contribution in [0.3, 0.4) is 0 Å². The molecule has 0 amide bonds. The summed E-state index contributed by atoms with van der Waals surface area (Å²) < 4.78 is 0. The summed E-state index contributed by atoms with van der Waals surface area (Å²) in [6.07, 6.45) is 1.94. The molecule has 20 heavy (non-hydrogen) atoms. The zero-order valence-electron chi connectivity index (χ0n) is 14.7. The van der Waals surface area contributed by atoms with E-state index in [0.717, 1.165) is 32.5 Å². The van der Waals surface area contributed by atoms with Gasteiger partial charge >= 0.3 is 0 Å². The molecule has 3 heteroatoms. The Morgan fingerprint density at radius 1 is 1.10 bits per heavy atom. The van der Waals surface area contributed by atoms with Crippen LogP contribution in [0.2, 0.25) is 0 Å². The van der Waals surface area contributed by atoms with E-state index in [9.17, 15) is 5.26 Å². The van der Waals surface area contributed by atoms with Crippen LogP contribution in [0, 0.1) is 23.2 Å². The van der Waals surface area contributed by atoms with E-state index < -0.39 is 5.54 Å². The molecule has 1 N–H and O–H groups in total. The molecule has 0 bridgehead atoms. The quantitative estimate of drug-likeness (QED) is 0.664. The Labute approximate surface area is 126 Å². The van der Waals surface area contributed by atoms with Gasteiger partial charge in [-0.3, -0.25) is 5.32 Å². The van der Waals surface area contributed by atoms with Crippen molar-refractivity contribution in [3.63, 3.8) is 0 Å². The largest absolute Gasteiger partial charge is 0.300 e. The van der Waals surface area contributed by atoms with Crippen molar-refractivity contribution in [2.75, 3.05) is 19.6 Å². The van der Waals surface area contributed by atoms with E-state index >= 15 is 0 Å². The van der Waals surface area contributed by atoms with E-state index in [2.05, 4.69) is 57.8 Å². The lowest BCUT2D eigenvalue weighted by atomic mass is 9.93. The van der Waals surface area contributed by atoms with E-state index in [1.165, 1.54) is 0 Å². The molecule has 0 rings (SSSR count). The summed E-state index contributed by atoms with van der Waals surface area (Å²) in [7, 11) is 0. The predicted octanol–water partition coefficient (Wildman–Crippen LogP) is 3.66. The van der Waals surface area contributed by atoms with Gasteiger partial charge in [-0.05, 0) is 45.1 Å². The molecule has 3 nitrogen and oxygen atoms in total. The lowest BCUT2D eigenvalue weighted by Crippen LogP contribution is -2.48. The van der Waals surface area contributed by atoms with E-state index in [0.29, 0.717) is 17.9 Å². The van der Waals surface area contributed by atoms with Crippen molar-refractivity contribution in [3.8, 4) is 6.07 Å². The Morgan fingerprint density at radius 2 is 1.60 bits per heavy atom. The molecule has 0 heterocycles. The van der Waals surface area contributed by atoms with Gasteiger partial charge in [0.2, 0.25) is 0 Å². The molecule has 0 aliphatic carbocycles. The Hall–Kier alpha value is -0.590. The number of nitrogens with zero attached hydrogens (tertiary/aromatic N) is 2. The molecule has 0 aliphatic rings. The van der Waals surface area contributed by atoms with Gasteiger partial charge in [-0.2, -0.15) is 5.26 Å². The van der Waals surface area contributed by atoms with Crippen LogP contribution in [-0.2, 0) is 0 Å². The first-order chi connectivity index (χ1) is 9.24. The maximum absolute atomic E-state index is 9.48. The topological polar surface area (TPSA) is 39.1 Å². The molecule has 0 spiro atoms. The first-order valence-corrected chi connectivity index (χ1v) is 8.14. The lowest BCUT2D eigenvalue weighted by Gasteiger charge is -2.36. The van der Waals surface area contributed by atoms with Crippen molar-refractivity contribution in [2.24, 2.45) is 11.8 Å². The van der Waals surface area contributed by atoms with Gasteiger partial charge in [0.25, 0.3) is 0 Å². The van der Waals surface area contributed by atoms with Gasteiger partial charge in [0.05, 0.1) is 6.07 Å².